The largest absolute Gasteiger partial charge is 0.461 e. The fourth-order valence-corrected chi connectivity index (χ4v) is 3.15. The summed E-state index contributed by atoms with van der Waals surface area (Å²) in [5.74, 6) is -0.491. The fraction of sp³-hybridized carbons (Fsp3) is 0.316. The number of amides is 2. The van der Waals surface area contributed by atoms with E-state index < -0.39 is 5.97 Å². The molecule has 142 valence electrons. The van der Waals surface area contributed by atoms with Crippen molar-refractivity contribution in [1.29, 1.82) is 0 Å². The van der Waals surface area contributed by atoms with E-state index in [2.05, 4.69) is 17.0 Å². The second-order valence-electron chi connectivity index (χ2n) is 6.03. The van der Waals surface area contributed by atoms with Crippen LogP contribution >= 0.6 is 11.6 Å². The molecule has 1 N–H and O–H groups in total. The number of hydrogen-bond acceptors (Lipinski definition) is 4. The number of esters is 1. The number of fused-ring (bicyclic) bond motifs is 1. The summed E-state index contributed by atoms with van der Waals surface area (Å²) in [6.07, 6.45) is 2.20. The molecular formula is C19H21ClN4O3. The number of nitrogens with one attached hydrogen (secondary N) is 1. The van der Waals surface area contributed by atoms with Crippen LogP contribution in [0.5, 0.6) is 0 Å². The van der Waals surface area contributed by atoms with Crippen LogP contribution < -0.4 is 5.32 Å². The molecule has 0 aliphatic carbocycles. The first-order chi connectivity index (χ1) is 13.0. The maximum Gasteiger partial charge on any atom is 0.359 e. The smallest absolute Gasteiger partial charge is 0.359 e. The Morgan fingerprint density at radius 2 is 2.11 bits per heavy atom. The van der Waals surface area contributed by atoms with E-state index in [0.717, 1.165) is 11.4 Å². The molecule has 3 rings (SSSR count). The van der Waals surface area contributed by atoms with Gasteiger partial charge in [-0.25, -0.2) is 14.3 Å². The number of carbonyl (C=O) groups excluding carboxylic acids is 2. The van der Waals surface area contributed by atoms with Crippen molar-refractivity contribution in [3.63, 3.8) is 0 Å². The molecule has 0 atom stereocenters. The number of carbonyl (C=O) groups is 2. The van der Waals surface area contributed by atoms with Gasteiger partial charge in [0.15, 0.2) is 5.69 Å². The van der Waals surface area contributed by atoms with Crippen LogP contribution in [0.3, 0.4) is 0 Å². The third kappa shape index (κ3) is 3.98. The third-order valence-corrected chi connectivity index (χ3v) is 4.53. The van der Waals surface area contributed by atoms with Crippen molar-refractivity contribution in [1.82, 2.24) is 20.0 Å². The molecule has 1 aliphatic heterocycles. The molecule has 1 aliphatic rings. The monoisotopic (exact) mass is 388 g/mol. The van der Waals surface area contributed by atoms with Gasteiger partial charge in [-0.15, -0.1) is 6.58 Å². The number of ether oxygens (including phenoxy) is 1. The summed E-state index contributed by atoms with van der Waals surface area (Å²) in [7, 11) is 0. The molecule has 0 spiro atoms. The lowest BCUT2D eigenvalue weighted by Gasteiger charge is -2.27. The number of nitrogens with zero attached hydrogens (tertiary/aromatic N) is 3. The minimum Gasteiger partial charge on any atom is -0.461 e. The number of urea groups is 1. The average molecular weight is 389 g/mol. The second-order valence-corrected chi connectivity index (χ2v) is 6.47. The fourth-order valence-electron chi connectivity index (χ4n) is 3.02. The molecule has 2 heterocycles. The zero-order valence-electron chi connectivity index (χ0n) is 15.1. The lowest BCUT2D eigenvalue weighted by Crippen LogP contribution is -2.43. The number of hydrogen-bond donors (Lipinski definition) is 1. The Morgan fingerprint density at radius 3 is 2.78 bits per heavy atom. The summed E-state index contributed by atoms with van der Waals surface area (Å²) < 4.78 is 6.89. The van der Waals surface area contributed by atoms with Crippen molar-refractivity contribution >= 4 is 23.6 Å². The zero-order chi connectivity index (χ0) is 19.4. The maximum atomic E-state index is 12.4. The SMILES string of the molecule is C=CCNC(=O)N1CCc2c(c(C(=O)OCC)nn2-c2ccc(Cl)cc2)C1. The Kier molecular flexibility index (Phi) is 5.81. The van der Waals surface area contributed by atoms with Crippen LogP contribution in [0, 0.1) is 0 Å². The Bertz CT molecular complexity index is 861. The molecule has 1 aromatic carbocycles. The van der Waals surface area contributed by atoms with Gasteiger partial charge < -0.3 is 15.0 Å². The molecule has 0 saturated heterocycles. The number of rotatable bonds is 5. The first-order valence-corrected chi connectivity index (χ1v) is 9.10. The zero-order valence-corrected chi connectivity index (χ0v) is 15.8. The third-order valence-electron chi connectivity index (χ3n) is 4.28. The first kappa shape index (κ1) is 19.0. The van der Waals surface area contributed by atoms with E-state index in [0.29, 0.717) is 36.6 Å². The van der Waals surface area contributed by atoms with E-state index in [1.54, 1.807) is 34.7 Å². The standard InChI is InChI=1S/C19H21ClN4O3/c1-3-10-21-19(26)23-11-9-16-15(12-23)17(18(25)27-4-2)22-24(16)14-7-5-13(20)6-8-14/h3,5-8H,1,4,9-12H2,2H3,(H,21,26). The Morgan fingerprint density at radius 1 is 1.37 bits per heavy atom. The molecule has 0 unspecified atom stereocenters. The molecule has 0 bridgehead atoms. The van der Waals surface area contributed by atoms with Crippen molar-refractivity contribution in [2.24, 2.45) is 0 Å². The van der Waals surface area contributed by atoms with Crippen LogP contribution in [0.2, 0.25) is 5.02 Å². The van der Waals surface area contributed by atoms with Crippen LogP contribution in [-0.4, -0.2) is 46.4 Å². The van der Waals surface area contributed by atoms with E-state index in [9.17, 15) is 9.59 Å². The van der Waals surface area contributed by atoms with E-state index in [1.165, 1.54) is 0 Å². The van der Waals surface area contributed by atoms with E-state index >= 15 is 0 Å². The highest BCUT2D eigenvalue weighted by Crippen LogP contribution is 2.26. The molecule has 0 fully saturated rings. The molecule has 27 heavy (non-hydrogen) atoms. The summed E-state index contributed by atoms with van der Waals surface area (Å²) >= 11 is 5.97. The van der Waals surface area contributed by atoms with Crippen molar-refractivity contribution in [2.45, 2.75) is 19.9 Å². The normalized spacial score (nSPS) is 13.0. The van der Waals surface area contributed by atoms with Crippen LogP contribution in [0.4, 0.5) is 4.79 Å². The van der Waals surface area contributed by atoms with E-state index in [4.69, 9.17) is 16.3 Å². The van der Waals surface area contributed by atoms with Crippen LogP contribution in [0.1, 0.15) is 28.7 Å². The molecule has 0 saturated carbocycles. The predicted octanol–water partition coefficient (Wildman–Crippen LogP) is 2.96. The lowest BCUT2D eigenvalue weighted by atomic mass is 10.1. The molecule has 2 amide bonds. The minimum absolute atomic E-state index is 0.199. The van der Waals surface area contributed by atoms with Gasteiger partial charge in [0, 0.05) is 30.1 Å². The highest BCUT2D eigenvalue weighted by molar-refractivity contribution is 6.30. The summed E-state index contributed by atoms with van der Waals surface area (Å²) in [4.78, 5) is 26.4. The van der Waals surface area contributed by atoms with Crippen LogP contribution in [-0.2, 0) is 17.7 Å². The average Bonchev–Trinajstić information content (AvgIpc) is 3.06. The highest BCUT2D eigenvalue weighted by atomic mass is 35.5. The topological polar surface area (TPSA) is 76.5 Å². The number of benzene rings is 1. The molecule has 8 heteroatoms. The van der Waals surface area contributed by atoms with Gasteiger partial charge in [-0.1, -0.05) is 17.7 Å². The molecular weight excluding hydrogens is 368 g/mol. The molecule has 1 aromatic heterocycles. The minimum atomic E-state index is -0.491. The summed E-state index contributed by atoms with van der Waals surface area (Å²) in [6.45, 7) is 6.80. The van der Waals surface area contributed by atoms with Gasteiger partial charge >= 0.3 is 12.0 Å². The quantitative estimate of drug-likeness (QED) is 0.631. The Balaban J connectivity index is 1.98. The number of aromatic nitrogens is 2. The van der Waals surface area contributed by atoms with Gasteiger partial charge in [0.2, 0.25) is 0 Å². The molecule has 7 nitrogen and oxygen atoms in total. The molecule has 0 radical (unpaired) electrons. The van der Waals surface area contributed by atoms with E-state index in [-0.39, 0.29) is 18.3 Å². The van der Waals surface area contributed by atoms with Gasteiger partial charge in [0.05, 0.1) is 24.5 Å². The van der Waals surface area contributed by atoms with Gasteiger partial charge in [-0.2, -0.15) is 5.10 Å². The van der Waals surface area contributed by atoms with Gasteiger partial charge in [-0.05, 0) is 31.2 Å². The first-order valence-electron chi connectivity index (χ1n) is 8.72. The Labute approximate surface area is 162 Å². The Hall–Kier alpha value is -2.80. The second kappa shape index (κ2) is 8.26. The summed E-state index contributed by atoms with van der Waals surface area (Å²) in [5.41, 5.74) is 2.65. The van der Waals surface area contributed by atoms with Crippen molar-refractivity contribution in [3.05, 3.63) is 58.9 Å². The number of halogens is 1. The molecule has 2 aromatic rings. The van der Waals surface area contributed by atoms with Crippen molar-refractivity contribution in [2.75, 3.05) is 19.7 Å². The lowest BCUT2D eigenvalue weighted by molar-refractivity contribution is 0.0516. The van der Waals surface area contributed by atoms with Crippen molar-refractivity contribution in [3.8, 4) is 5.69 Å². The van der Waals surface area contributed by atoms with Crippen LogP contribution in [0.15, 0.2) is 36.9 Å². The summed E-state index contributed by atoms with van der Waals surface area (Å²) in [6, 6.07) is 7.02. The predicted molar refractivity (Wildman–Crippen MR) is 102 cm³/mol. The van der Waals surface area contributed by atoms with Crippen molar-refractivity contribution < 1.29 is 14.3 Å². The van der Waals surface area contributed by atoms with E-state index in [1.807, 2.05) is 12.1 Å². The highest BCUT2D eigenvalue weighted by Gasteiger charge is 2.31. The summed E-state index contributed by atoms with van der Waals surface area (Å²) in [5, 5.41) is 7.87. The maximum absolute atomic E-state index is 12.4. The van der Waals surface area contributed by atoms with Gasteiger partial charge in [-0.3, -0.25) is 0 Å². The van der Waals surface area contributed by atoms with Gasteiger partial charge in [0.1, 0.15) is 0 Å². The van der Waals surface area contributed by atoms with Crippen LogP contribution in [0.25, 0.3) is 5.69 Å². The van der Waals surface area contributed by atoms with Gasteiger partial charge in [0.25, 0.3) is 0 Å².